The smallest absolute Gasteiger partial charge is 0.171 e. The van der Waals surface area contributed by atoms with Gasteiger partial charge in [0.15, 0.2) is 5.78 Å². The number of aliphatic hydroxyl groups is 1. The molecule has 0 amide bonds. The highest BCUT2D eigenvalue weighted by molar-refractivity contribution is 6.00. The summed E-state index contributed by atoms with van der Waals surface area (Å²) in [5, 5.41) is 10.4. The first kappa shape index (κ1) is 15.5. The molecule has 1 atom stereocenters. The zero-order valence-electron chi connectivity index (χ0n) is 12.6. The number of rotatable bonds is 6. The van der Waals surface area contributed by atoms with E-state index in [0.29, 0.717) is 12.0 Å². The molecule has 0 aliphatic rings. The lowest BCUT2D eigenvalue weighted by molar-refractivity contribution is 0.0359. The van der Waals surface area contributed by atoms with E-state index in [-0.39, 0.29) is 5.78 Å². The molecule has 0 unspecified atom stereocenters. The number of benzene rings is 2. The Labute approximate surface area is 126 Å². The molecule has 21 heavy (non-hydrogen) atoms. The lowest BCUT2D eigenvalue weighted by Crippen LogP contribution is -2.37. The highest BCUT2D eigenvalue weighted by Crippen LogP contribution is 2.28. The van der Waals surface area contributed by atoms with E-state index < -0.39 is 11.5 Å². The molecule has 110 valence electrons. The molecule has 2 rings (SSSR count). The van der Waals surface area contributed by atoms with Crippen molar-refractivity contribution in [2.45, 2.75) is 32.8 Å². The highest BCUT2D eigenvalue weighted by Gasteiger charge is 2.35. The summed E-state index contributed by atoms with van der Waals surface area (Å²) in [6, 6.07) is 19.2. The molecular formula is C19H22O2. The molecule has 2 heteroatoms. The Balaban J connectivity index is 2.03. The number of hydrogen-bond donors (Lipinski definition) is 1. The summed E-state index contributed by atoms with van der Waals surface area (Å²) in [4.78, 5) is 12.6. The van der Waals surface area contributed by atoms with E-state index in [1.165, 1.54) is 5.56 Å². The Hall–Kier alpha value is -1.93. The number of carbonyl (C=O) groups excluding carboxylic acids is 1. The van der Waals surface area contributed by atoms with Crippen molar-refractivity contribution in [1.29, 1.82) is 0 Å². The zero-order valence-corrected chi connectivity index (χ0v) is 12.6. The van der Waals surface area contributed by atoms with Crippen molar-refractivity contribution in [2.75, 3.05) is 0 Å². The molecule has 0 saturated carbocycles. The van der Waals surface area contributed by atoms with Crippen LogP contribution in [0, 0.1) is 5.41 Å². The van der Waals surface area contributed by atoms with Gasteiger partial charge < -0.3 is 5.11 Å². The third-order valence-electron chi connectivity index (χ3n) is 4.00. The summed E-state index contributed by atoms with van der Waals surface area (Å²) in [7, 11) is 0. The molecule has 0 heterocycles. The average Bonchev–Trinajstić information content (AvgIpc) is 2.53. The van der Waals surface area contributed by atoms with Crippen molar-refractivity contribution in [3.05, 3.63) is 71.8 Å². The lowest BCUT2D eigenvalue weighted by atomic mass is 9.77. The van der Waals surface area contributed by atoms with Crippen LogP contribution in [0.4, 0.5) is 0 Å². The van der Waals surface area contributed by atoms with Gasteiger partial charge in [-0.2, -0.15) is 0 Å². The van der Waals surface area contributed by atoms with Gasteiger partial charge in [0, 0.05) is 5.56 Å². The number of aryl methyl sites for hydroxylation is 1. The Kier molecular flexibility index (Phi) is 4.92. The first-order valence-electron chi connectivity index (χ1n) is 7.33. The minimum atomic E-state index is -0.782. The van der Waals surface area contributed by atoms with E-state index in [9.17, 15) is 9.90 Å². The van der Waals surface area contributed by atoms with Gasteiger partial charge in [-0.1, -0.05) is 74.5 Å². The zero-order chi connectivity index (χ0) is 15.3. The van der Waals surface area contributed by atoms with Crippen LogP contribution in [0.15, 0.2) is 60.7 Å². The molecule has 0 aromatic heterocycles. The van der Waals surface area contributed by atoms with Gasteiger partial charge in [-0.25, -0.2) is 0 Å². The third kappa shape index (κ3) is 3.79. The fourth-order valence-corrected chi connectivity index (χ4v) is 2.42. The molecule has 0 aliphatic carbocycles. The van der Waals surface area contributed by atoms with Gasteiger partial charge in [-0.3, -0.25) is 4.79 Å². The first-order chi connectivity index (χ1) is 10.0. The summed E-state index contributed by atoms with van der Waals surface area (Å²) < 4.78 is 0. The predicted octanol–water partition coefficient (Wildman–Crippen LogP) is 3.89. The van der Waals surface area contributed by atoms with Crippen LogP contribution in [-0.4, -0.2) is 17.0 Å². The van der Waals surface area contributed by atoms with E-state index >= 15 is 0 Å². The molecule has 2 aromatic carbocycles. The molecular weight excluding hydrogens is 260 g/mol. The fraction of sp³-hybridized carbons (Fsp3) is 0.316. The van der Waals surface area contributed by atoms with Crippen LogP contribution in [0.3, 0.4) is 0 Å². The lowest BCUT2D eigenvalue weighted by Gasteiger charge is -2.29. The van der Waals surface area contributed by atoms with Crippen molar-refractivity contribution < 1.29 is 9.90 Å². The van der Waals surface area contributed by atoms with Crippen molar-refractivity contribution >= 4 is 5.78 Å². The van der Waals surface area contributed by atoms with E-state index in [2.05, 4.69) is 0 Å². The second-order valence-corrected chi connectivity index (χ2v) is 5.96. The van der Waals surface area contributed by atoms with Gasteiger partial charge in [-0.15, -0.1) is 0 Å². The van der Waals surface area contributed by atoms with Gasteiger partial charge in [-0.05, 0) is 18.4 Å². The summed E-state index contributed by atoms with van der Waals surface area (Å²) in [5.74, 6) is -0.0105. The number of Topliss-reactive ketones (excluding diaryl/α,β-unsaturated/α-hetero) is 1. The van der Waals surface area contributed by atoms with Gasteiger partial charge in [0.25, 0.3) is 0 Å². The maximum absolute atomic E-state index is 12.6. The van der Waals surface area contributed by atoms with Crippen molar-refractivity contribution in [3.63, 3.8) is 0 Å². The van der Waals surface area contributed by atoms with E-state index in [0.717, 1.165) is 6.42 Å². The summed E-state index contributed by atoms with van der Waals surface area (Å²) in [6.45, 7) is 3.63. The Bertz CT molecular complexity index is 573. The molecule has 2 nitrogen and oxygen atoms in total. The van der Waals surface area contributed by atoms with Crippen LogP contribution in [0.5, 0.6) is 0 Å². The van der Waals surface area contributed by atoms with Crippen LogP contribution in [0.1, 0.15) is 36.2 Å². The Morgan fingerprint density at radius 3 is 2.10 bits per heavy atom. The molecule has 0 fully saturated rings. The largest absolute Gasteiger partial charge is 0.392 e. The second kappa shape index (κ2) is 6.68. The molecule has 2 aromatic rings. The minimum absolute atomic E-state index is 0.0105. The van der Waals surface area contributed by atoms with E-state index in [1.54, 1.807) is 12.1 Å². The number of ketones is 1. The Morgan fingerprint density at radius 1 is 1.00 bits per heavy atom. The van der Waals surface area contributed by atoms with Crippen LogP contribution >= 0.6 is 0 Å². The molecule has 0 bridgehead atoms. The summed E-state index contributed by atoms with van der Waals surface area (Å²) >= 11 is 0. The molecule has 0 aliphatic heterocycles. The SMILES string of the molecule is CC(C)(C(=O)c1ccccc1)[C@@H](O)CCc1ccccc1. The van der Waals surface area contributed by atoms with Crippen molar-refractivity contribution in [1.82, 2.24) is 0 Å². The fourth-order valence-electron chi connectivity index (χ4n) is 2.42. The predicted molar refractivity (Wildman–Crippen MR) is 85.3 cm³/mol. The monoisotopic (exact) mass is 282 g/mol. The topological polar surface area (TPSA) is 37.3 Å². The molecule has 0 radical (unpaired) electrons. The van der Waals surface area contributed by atoms with E-state index in [1.807, 2.05) is 62.4 Å². The van der Waals surface area contributed by atoms with Crippen molar-refractivity contribution in [2.24, 2.45) is 5.41 Å². The summed E-state index contributed by atoms with van der Waals surface area (Å²) in [6.07, 6.45) is 0.689. The van der Waals surface area contributed by atoms with Crippen molar-refractivity contribution in [3.8, 4) is 0 Å². The van der Waals surface area contributed by atoms with Crippen LogP contribution in [-0.2, 0) is 6.42 Å². The first-order valence-corrected chi connectivity index (χ1v) is 7.33. The standard InChI is InChI=1S/C19H22O2/c1-19(2,18(21)16-11-7-4-8-12-16)17(20)14-13-15-9-5-3-6-10-15/h3-12,17,20H,13-14H2,1-2H3/t17-/m0/s1. The number of hydrogen-bond acceptors (Lipinski definition) is 2. The van der Waals surface area contributed by atoms with E-state index in [4.69, 9.17) is 0 Å². The molecule has 1 N–H and O–H groups in total. The number of carbonyl (C=O) groups is 1. The quantitative estimate of drug-likeness (QED) is 0.816. The maximum atomic E-state index is 12.6. The van der Waals surface area contributed by atoms with Crippen LogP contribution in [0.2, 0.25) is 0 Å². The van der Waals surface area contributed by atoms with Gasteiger partial charge in [0.2, 0.25) is 0 Å². The Morgan fingerprint density at radius 2 is 1.52 bits per heavy atom. The van der Waals surface area contributed by atoms with Crippen LogP contribution < -0.4 is 0 Å². The van der Waals surface area contributed by atoms with Gasteiger partial charge in [0.1, 0.15) is 0 Å². The second-order valence-electron chi connectivity index (χ2n) is 5.96. The molecule has 0 spiro atoms. The average molecular weight is 282 g/mol. The van der Waals surface area contributed by atoms with Gasteiger partial charge in [0.05, 0.1) is 11.5 Å². The number of aliphatic hydroxyl groups excluding tert-OH is 1. The third-order valence-corrected chi connectivity index (χ3v) is 4.00. The van der Waals surface area contributed by atoms with Crippen LogP contribution in [0.25, 0.3) is 0 Å². The maximum Gasteiger partial charge on any atom is 0.171 e. The normalized spacial score (nSPS) is 12.9. The highest BCUT2D eigenvalue weighted by atomic mass is 16.3. The molecule has 0 saturated heterocycles. The van der Waals surface area contributed by atoms with Gasteiger partial charge >= 0.3 is 0 Å². The summed E-state index contributed by atoms with van der Waals surface area (Å²) in [5.41, 5.74) is 1.05. The minimum Gasteiger partial charge on any atom is -0.392 e.